The fourth-order valence-corrected chi connectivity index (χ4v) is 1.14. The Morgan fingerprint density at radius 3 is 2.81 bits per heavy atom. The molecule has 5 nitrogen and oxygen atoms in total. The molecule has 1 N–H and O–H groups in total. The molecule has 6 heteroatoms. The number of hydrogen-bond acceptors (Lipinski definition) is 4. The van der Waals surface area contributed by atoms with Gasteiger partial charge >= 0.3 is 11.9 Å². The molecule has 0 aromatic carbocycles. The fraction of sp³-hybridized carbons (Fsp3) is 0.100. The van der Waals surface area contributed by atoms with Crippen molar-refractivity contribution >= 4 is 29.6 Å². The number of carboxylic acid groups (broad SMARTS) is 1. The van der Waals surface area contributed by atoms with Gasteiger partial charge < -0.3 is 9.84 Å². The van der Waals surface area contributed by atoms with Gasteiger partial charge in [-0.2, -0.15) is 0 Å². The highest BCUT2D eigenvalue weighted by Crippen LogP contribution is 2.14. The molecule has 0 aliphatic carbocycles. The number of ether oxygens (including phenoxy) is 1. The summed E-state index contributed by atoms with van der Waals surface area (Å²) in [5.41, 5.74) is 0.252. The number of halogens is 1. The molecule has 0 saturated heterocycles. The second-order valence-electron chi connectivity index (χ2n) is 2.76. The van der Waals surface area contributed by atoms with Crippen molar-refractivity contribution in [3.8, 4) is 0 Å². The first-order chi connectivity index (χ1) is 7.54. The van der Waals surface area contributed by atoms with Crippen LogP contribution in [0.3, 0.4) is 0 Å². The molecule has 0 unspecified atom stereocenters. The minimum atomic E-state index is -1.14. The quantitative estimate of drug-likeness (QED) is 0.494. The summed E-state index contributed by atoms with van der Waals surface area (Å²) in [6, 6.07) is 1.21. The molecule has 0 fully saturated rings. The van der Waals surface area contributed by atoms with Crippen molar-refractivity contribution in [3.05, 3.63) is 34.6 Å². The number of carboxylic acids is 1. The lowest BCUT2D eigenvalue weighted by molar-refractivity contribution is -0.134. The van der Waals surface area contributed by atoms with Crippen LogP contribution in [0.4, 0.5) is 0 Å². The molecular weight excluding hydrogens is 234 g/mol. The number of methoxy groups -OCH3 is 1. The lowest BCUT2D eigenvalue weighted by atomic mass is 10.1. The number of carbonyl (C=O) groups excluding carboxylic acids is 1. The SMILES string of the molecule is COC(=O)C=Cc1cnc(Cl)cc1C(=O)O. The lowest BCUT2D eigenvalue weighted by Crippen LogP contribution is -2.01. The molecule has 84 valence electrons. The molecule has 1 rings (SSSR count). The average Bonchev–Trinajstić information content (AvgIpc) is 2.26. The first-order valence-corrected chi connectivity index (χ1v) is 4.57. The Labute approximate surface area is 96.3 Å². The Balaban J connectivity index is 3.09. The second kappa shape index (κ2) is 5.27. The van der Waals surface area contributed by atoms with E-state index in [-0.39, 0.29) is 16.3 Å². The van der Waals surface area contributed by atoms with Crippen molar-refractivity contribution in [2.75, 3.05) is 7.11 Å². The van der Waals surface area contributed by atoms with Crippen LogP contribution in [0, 0.1) is 0 Å². The zero-order chi connectivity index (χ0) is 12.1. The third kappa shape index (κ3) is 3.06. The number of rotatable bonds is 3. The molecule has 1 aromatic heterocycles. The summed E-state index contributed by atoms with van der Waals surface area (Å²) in [6.45, 7) is 0. The van der Waals surface area contributed by atoms with Gasteiger partial charge in [-0.3, -0.25) is 0 Å². The number of aromatic carboxylic acids is 1. The van der Waals surface area contributed by atoms with Crippen molar-refractivity contribution in [2.45, 2.75) is 0 Å². The molecule has 0 aliphatic heterocycles. The van der Waals surface area contributed by atoms with E-state index in [0.717, 1.165) is 6.08 Å². The van der Waals surface area contributed by atoms with Crippen LogP contribution in [-0.4, -0.2) is 29.1 Å². The Hall–Kier alpha value is -1.88. The van der Waals surface area contributed by atoms with Gasteiger partial charge in [-0.25, -0.2) is 14.6 Å². The third-order valence-electron chi connectivity index (χ3n) is 1.73. The van der Waals surface area contributed by atoms with Gasteiger partial charge in [0.1, 0.15) is 5.15 Å². The van der Waals surface area contributed by atoms with Gasteiger partial charge in [-0.15, -0.1) is 0 Å². The Bertz CT molecular complexity index is 456. The number of carbonyl (C=O) groups is 2. The van der Waals surface area contributed by atoms with Gasteiger partial charge in [0.05, 0.1) is 12.7 Å². The molecule has 0 atom stereocenters. The van der Waals surface area contributed by atoms with Gasteiger partial charge in [0.25, 0.3) is 0 Å². The summed E-state index contributed by atoms with van der Waals surface area (Å²) in [4.78, 5) is 25.4. The third-order valence-corrected chi connectivity index (χ3v) is 1.94. The zero-order valence-corrected chi connectivity index (χ0v) is 9.06. The molecule has 1 aromatic rings. The minimum absolute atomic E-state index is 0.0276. The normalized spacial score (nSPS) is 10.4. The average molecular weight is 242 g/mol. The zero-order valence-electron chi connectivity index (χ0n) is 8.31. The highest BCUT2D eigenvalue weighted by molar-refractivity contribution is 6.29. The fourth-order valence-electron chi connectivity index (χ4n) is 0.984. The van der Waals surface area contributed by atoms with Gasteiger partial charge in [0, 0.05) is 17.8 Å². The van der Waals surface area contributed by atoms with Crippen molar-refractivity contribution in [2.24, 2.45) is 0 Å². The molecule has 0 spiro atoms. The van der Waals surface area contributed by atoms with E-state index in [2.05, 4.69) is 9.72 Å². The van der Waals surface area contributed by atoms with Crippen LogP contribution >= 0.6 is 11.6 Å². The molecule has 0 saturated carbocycles. The molecule has 16 heavy (non-hydrogen) atoms. The van der Waals surface area contributed by atoms with Gasteiger partial charge in [0.2, 0.25) is 0 Å². The summed E-state index contributed by atoms with van der Waals surface area (Å²) in [5.74, 6) is -1.72. The highest BCUT2D eigenvalue weighted by atomic mass is 35.5. The minimum Gasteiger partial charge on any atom is -0.478 e. The molecular formula is C10H8ClNO4. The van der Waals surface area contributed by atoms with E-state index < -0.39 is 11.9 Å². The predicted molar refractivity (Wildman–Crippen MR) is 57.3 cm³/mol. The molecule has 0 aliphatic rings. The Morgan fingerprint density at radius 1 is 1.56 bits per heavy atom. The lowest BCUT2D eigenvalue weighted by Gasteiger charge is -2.00. The van der Waals surface area contributed by atoms with Crippen LogP contribution in [-0.2, 0) is 9.53 Å². The van der Waals surface area contributed by atoms with E-state index in [0.29, 0.717) is 0 Å². The van der Waals surface area contributed by atoms with Gasteiger partial charge in [-0.05, 0) is 12.1 Å². The van der Waals surface area contributed by atoms with Crippen LogP contribution in [0.25, 0.3) is 6.08 Å². The maximum atomic E-state index is 10.9. The Kier molecular flexibility index (Phi) is 4.02. The topological polar surface area (TPSA) is 76.5 Å². The van der Waals surface area contributed by atoms with Crippen molar-refractivity contribution in [3.63, 3.8) is 0 Å². The summed E-state index contributed by atoms with van der Waals surface area (Å²) >= 11 is 5.56. The van der Waals surface area contributed by atoms with E-state index >= 15 is 0 Å². The van der Waals surface area contributed by atoms with Gasteiger partial charge in [0.15, 0.2) is 0 Å². The van der Waals surface area contributed by atoms with E-state index in [1.165, 1.54) is 25.4 Å². The van der Waals surface area contributed by atoms with E-state index in [9.17, 15) is 9.59 Å². The van der Waals surface area contributed by atoms with Crippen LogP contribution in [0.5, 0.6) is 0 Å². The van der Waals surface area contributed by atoms with Gasteiger partial charge in [-0.1, -0.05) is 11.6 Å². The van der Waals surface area contributed by atoms with Crippen LogP contribution in [0.15, 0.2) is 18.3 Å². The summed E-state index contributed by atoms with van der Waals surface area (Å²) in [5, 5.41) is 8.95. The van der Waals surface area contributed by atoms with E-state index in [1.54, 1.807) is 0 Å². The largest absolute Gasteiger partial charge is 0.478 e. The number of hydrogen-bond donors (Lipinski definition) is 1. The Morgan fingerprint density at radius 2 is 2.25 bits per heavy atom. The maximum absolute atomic E-state index is 10.9. The van der Waals surface area contributed by atoms with Crippen molar-refractivity contribution in [1.29, 1.82) is 0 Å². The van der Waals surface area contributed by atoms with Crippen molar-refractivity contribution < 1.29 is 19.4 Å². The first-order valence-electron chi connectivity index (χ1n) is 4.19. The highest BCUT2D eigenvalue weighted by Gasteiger charge is 2.09. The van der Waals surface area contributed by atoms with Crippen LogP contribution in [0.2, 0.25) is 5.15 Å². The standard InChI is InChI=1S/C10H8ClNO4/c1-16-9(13)3-2-6-5-12-8(11)4-7(6)10(14)15/h2-5H,1H3,(H,14,15). The van der Waals surface area contributed by atoms with E-state index in [1.807, 2.05) is 0 Å². The van der Waals surface area contributed by atoms with Crippen LogP contribution < -0.4 is 0 Å². The summed E-state index contributed by atoms with van der Waals surface area (Å²) in [7, 11) is 1.23. The molecule has 0 amide bonds. The number of pyridine rings is 1. The molecule has 0 bridgehead atoms. The number of esters is 1. The molecule has 1 heterocycles. The smallest absolute Gasteiger partial charge is 0.336 e. The van der Waals surface area contributed by atoms with E-state index in [4.69, 9.17) is 16.7 Å². The second-order valence-corrected chi connectivity index (χ2v) is 3.14. The number of aromatic nitrogens is 1. The summed E-state index contributed by atoms with van der Waals surface area (Å²) < 4.78 is 4.38. The molecule has 0 radical (unpaired) electrons. The number of nitrogens with zero attached hydrogens (tertiary/aromatic N) is 1. The van der Waals surface area contributed by atoms with Crippen molar-refractivity contribution in [1.82, 2.24) is 4.98 Å². The summed E-state index contributed by atoms with van der Waals surface area (Å²) in [6.07, 6.45) is 3.68. The maximum Gasteiger partial charge on any atom is 0.336 e. The monoisotopic (exact) mass is 241 g/mol. The van der Waals surface area contributed by atoms with Crippen LogP contribution in [0.1, 0.15) is 15.9 Å². The predicted octanol–water partition coefficient (Wildman–Crippen LogP) is 1.62. The first kappa shape index (κ1) is 12.2.